The third kappa shape index (κ3) is 5.52. The SMILES string of the molecule is CCC(C)(C)C(=O)C(=O)N1CCC[C@H]1C(=O)O[C@H](/C=C/c1ccccc1)c1ccccc1. The Morgan fingerprint density at radius 2 is 1.69 bits per heavy atom. The van der Waals surface area contributed by atoms with Crippen LogP contribution in [0.5, 0.6) is 0 Å². The molecule has 32 heavy (non-hydrogen) atoms. The largest absolute Gasteiger partial charge is 0.452 e. The van der Waals surface area contributed by atoms with Crippen molar-refractivity contribution in [2.24, 2.45) is 5.41 Å². The first-order chi connectivity index (χ1) is 15.3. The second-order valence-corrected chi connectivity index (χ2v) is 8.76. The number of carbonyl (C=O) groups excluding carboxylic acids is 3. The maximum atomic E-state index is 13.1. The van der Waals surface area contributed by atoms with Gasteiger partial charge < -0.3 is 9.64 Å². The van der Waals surface area contributed by atoms with Crippen molar-refractivity contribution < 1.29 is 19.1 Å². The summed E-state index contributed by atoms with van der Waals surface area (Å²) in [7, 11) is 0. The molecule has 1 aliphatic rings. The van der Waals surface area contributed by atoms with Gasteiger partial charge in [-0.2, -0.15) is 0 Å². The number of amides is 1. The number of benzene rings is 2. The predicted molar refractivity (Wildman–Crippen MR) is 125 cm³/mol. The zero-order valence-corrected chi connectivity index (χ0v) is 19.0. The second kappa shape index (κ2) is 10.4. The van der Waals surface area contributed by atoms with Gasteiger partial charge in [-0.3, -0.25) is 9.59 Å². The molecule has 0 aromatic heterocycles. The van der Waals surface area contributed by atoms with Gasteiger partial charge in [0.1, 0.15) is 12.1 Å². The average Bonchev–Trinajstić information content (AvgIpc) is 3.32. The molecule has 1 saturated heterocycles. The van der Waals surface area contributed by atoms with E-state index in [0.717, 1.165) is 11.1 Å². The molecular weight excluding hydrogens is 402 g/mol. The Morgan fingerprint density at radius 3 is 2.31 bits per heavy atom. The third-order valence-corrected chi connectivity index (χ3v) is 6.11. The van der Waals surface area contributed by atoms with Crippen LogP contribution in [0.4, 0.5) is 0 Å². The Bertz CT molecular complexity index is 966. The Hall–Kier alpha value is -3.21. The van der Waals surface area contributed by atoms with Gasteiger partial charge in [-0.05, 0) is 36.5 Å². The lowest BCUT2D eigenvalue weighted by molar-refractivity contribution is -0.159. The number of hydrogen-bond donors (Lipinski definition) is 0. The Balaban J connectivity index is 1.78. The topological polar surface area (TPSA) is 63.7 Å². The minimum atomic E-state index is -0.751. The van der Waals surface area contributed by atoms with E-state index in [1.807, 2.05) is 79.7 Å². The van der Waals surface area contributed by atoms with Crippen LogP contribution in [0.25, 0.3) is 6.08 Å². The summed E-state index contributed by atoms with van der Waals surface area (Å²) < 4.78 is 5.88. The number of likely N-dealkylation sites (tertiary alicyclic amines) is 1. The normalized spacial score (nSPS) is 17.3. The van der Waals surface area contributed by atoms with Crippen LogP contribution >= 0.6 is 0 Å². The summed E-state index contributed by atoms with van der Waals surface area (Å²) in [5.74, 6) is -1.53. The van der Waals surface area contributed by atoms with Crippen molar-refractivity contribution in [1.82, 2.24) is 4.90 Å². The third-order valence-electron chi connectivity index (χ3n) is 6.11. The van der Waals surface area contributed by atoms with Crippen molar-refractivity contribution in [3.8, 4) is 0 Å². The molecule has 168 valence electrons. The maximum Gasteiger partial charge on any atom is 0.329 e. The minimum Gasteiger partial charge on any atom is -0.452 e. The van der Waals surface area contributed by atoms with Gasteiger partial charge in [0, 0.05) is 12.0 Å². The number of Topliss-reactive ketones (excluding diaryl/α,β-unsaturated/α-hetero) is 1. The van der Waals surface area contributed by atoms with Crippen LogP contribution in [-0.4, -0.2) is 35.1 Å². The van der Waals surface area contributed by atoms with Gasteiger partial charge >= 0.3 is 5.97 Å². The summed E-state index contributed by atoms with van der Waals surface area (Å²) in [5, 5.41) is 0. The molecule has 5 nitrogen and oxygen atoms in total. The van der Waals surface area contributed by atoms with E-state index in [1.165, 1.54) is 4.90 Å². The van der Waals surface area contributed by atoms with E-state index in [2.05, 4.69) is 0 Å². The molecule has 0 unspecified atom stereocenters. The molecule has 2 aromatic rings. The first kappa shape index (κ1) is 23.5. The number of ether oxygens (including phenoxy) is 1. The van der Waals surface area contributed by atoms with Crippen molar-refractivity contribution in [3.05, 3.63) is 77.9 Å². The van der Waals surface area contributed by atoms with Crippen LogP contribution in [0.2, 0.25) is 0 Å². The number of nitrogens with zero attached hydrogens (tertiary/aromatic N) is 1. The van der Waals surface area contributed by atoms with Crippen molar-refractivity contribution >= 4 is 23.7 Å². The van der Waals surface area contributed by atoms with Crippen LogP contribution in [0.3, 0.4) is 0 Å². The van der Waals surface area contributed by atoms with E-state index in [0.29, 0.717) is 25.8 Å². The second-order valence-electron chi connectivity index (χ2n) is 8.76. The number of ketones is 1. The van der Waals surface area contributed by atoms with E-state index in [-0.39, 0.29) is 0 Å². The molecule has 2 aromatic carbocycles. The van der Waals surface area contributed by atoms with E-state index >= 15 is 0 Å². The van der Waals surface area contributed by atoms with E-state index in [1.54, 1.807) is 13.8 Å². The summed E-state index contributed by atoms with van der Waals surface area (Å²) in [6, 6.07) is 18.5. The highest BCUT2D eigenvalue weighted by Crippen LogP contribution is 2.28. The van der Waals surface area contributed by atoms with Crippen LogP contribution in [-0.2, 0) is 19.1 Å². The van der Waals surface area contributed by atoms with Gasteiger partial charge in [-0.15, -0.1) is 0 Å². The molecule has 0 radical (unpaired) electrons. The molecule has 0 bridgehead atoms. The molecule has 1 aliphatic heterocycles. The van der Waals surface area contributed by atoms with E-state index < -0.39 is 35.2 Å². The predicted octanol–water partition coefficient (Wildman–Crippen LogP) is 4.98. The fourth-order valence-electron chi connectivity index (χ4n) is 3.66. The first-order valence-corrected chi connectivity index (χ1v) is 11.2. The summed E-state index contributed by atoms with van der Waals surface area (Å²) >= 11 is 0. The standard InChI is InChI=1S/C27H31NO4/c1-4-27(2,3)24(29)25(30)28-19-11-16-22(28)26(31)32-23(21-14-9-6-10-15-21)18-17-20-12-7-5-8-13-20/h5-10,12-15,17-18,22-23H,4,11,16,19H2,1-3H3/b18-17+/t22-,23+/m0/s1. The minimum absolute atomic E-state index is 0.389. The zero-order chi connectivity index (χ0) is 23.1. The van der Waals surface area contributed by atoms with Gasteiger partial charge in [0.15, 0.2) is 0 Å². The summed E-state index contributed by atoms with van der Waals surface area (Å²) in [6.07, 6.45) is 4.88. The number of esters is 1. The molecule has 3 rings (SSSR count). The highest BCUT2D eigenvalue weighted by atomic mass is 16.5. The molecule has 0 N–H and O–H groups in total. The van der Waals surface area contributed by atoms with Crippen LogP contribution in [0, 0.1) is 5.41 Å². The van der Waals surface area contributed by atoms with Gasteiger partial charge in [0.25, 0.3) is 5.91 Å². The Morgan fingerprint density at radius 1 is 1.06 bits per heavy atom. The molecule has 0 aliphatic carbocycles. The lowest BCUT2D eigenvalue weighted by Gasteiger charge is -2.28. The van der Waals surface area contributed by atoms with Crippen LogP contribution < -0.4 is 0 Å². The molecule has 5 heteroatoms. The van der Waals surface area contributed by atoms with Gasteiger partial charge in [0.05, 0.1) is 0 Å². The first-order valence-electron chi connectivity index (χ1n) is 11.2. The van der Waals surface area contributed by atoms with Crippen molar-refractivity contribution in [3.63, 3.8) is 0 Å². The zero-order valence-electron chi connectivity index (χ0n) is 19.0. The molecular formula is C27H31NO4. The fourth-order valence-corrected chi connectivity index (χ4v) is 3.66. The van der Waals surface area contributed by atoms with Gasteiger partial charge in [-0.1, -0.05) is 87.5 Å². The van der Waals surface area contributed by atoms with E-state index in [9.17, 15) is 14.4 Å². The Kier molecular flexibility index (Phi) is 7.62. The maximum absolute atomic E-state index is 13.1. The van der Waals surface area contributed by atoms with Gasteiger partial charge in [-0.25, -0.2) is 4.79 Å². The average molecular weight is 434 g/mol. The number of carbonyl (C=O) groups is 3. The molecule has 0 spiro atoms. The lowest BCUT2D eigenvalue weighted by atomic mass is 9.84. The van der Waals surface area contributed by atoms with Crippen molar-refractivity contribution in [2.75, 3.05) is 6.54 Å². The molecule has 1 amide bonds. The summed E-state index contributed by atoms with van der Waals surface area (Å²) in [5.41, 5.74) is 1.08. The quantitative estimate of drug-likeness (QED) is 0.435. The van der Waals surface area contributed by atoms with Crippen LogP contribution in [0.15, 0.2) is 66.7 Å². The molecule has 1 fully saturated rings. The fraction of sp³-hybridized carbons (Fsp3) is 0.370. The van der Waals surface area contributed by atoms with Crippen LogP contribution in [0.1, 0.15) is 57.3 Å². The summed E-state index contributed by atoms with van der Waals surface area (Å²) in [6.45, 7) is 5.79. The highest BCUT2D eigenvalue weighted by Gasteiger charge is 2.42. The smallest absolute Gasteiger partial charge is 0.329 e. The van der Waals surface area contributed by atoms with E-state index in [4.69, 9.17) is 4.74 Å². The van der Waals surface area contributed by atoms with Crippen molar-refractivity contribution in [2.45, 2.75) is 52.2 Å². The highest BCUT2D eigenvalue weighted by molar-refractivity contribution is 6.38. The summed E-state index contributed by atoms with van der Waals surface area (Å²) in [4.78, 5) is 40.1. The lowest BCUT2D eigenvalue weighted by Crippen LogP contribution is -2.48. The number of rotatable bonds is 8. The van der Waals surface area contributed by atoms with Crippen molar-refractivity contribution in [1.29, 1.82) is 0 Å². The molecule has 1 heterocycles. The molecule has 2 atom stereocenters. The molecule has 0 saturated carbocycles. The monoisotopic (exact) mass is 433 g/mol. The number of hydrogen-bond acceptors (Lipinski definition) is 4. The van der Waals surface area contributed by atoms with Gasteiger partial charge in [0.2, 0.25) is 5.78 Å². The Labute approximate surface area is 190 Å².